The maximum Gasteiger partial charge on any atom is 0.313 e. The van der Waals surface area contributed by atoms with Gasteiger partial charge < -0.3 is 4.74 Å². The number of rotatable bonds is 1. The lowest BCUT2D eigenvalue weighted by Crippen LogP contribution is -2.36. The summed E-state index contributed by atoms with van der Waals surface area (Å²) >= 11 is 0. The molecule has 1 saturated heterocycles. The second-order valence-corrected chi connectivity index (χ2v) is 3.20. The van der Waals surface area contributed by atoms with Crippen LogP contribution >= 0.6 is 0 Å². The molecular formula is C10H9FO2. The summed E-state index contributed by atoms with van der Waals surface area (Å²) in [4.78, 5) is 10.8. The average Bonchev–Trinajstić information content (AvgIpc) is 2.15. The Morgan fingerprint density at radius 1 is 1.31 bits per heavy atom. The minimum Gasteiger partial charge on any atom is -0.456 e. The minimum absolute atomic E-state index is 0.106. The normalized spacial score (nSPS) is 26.5. The van der Waals surface area contributed by atoms with Gasteiger partial charge in [-0.3, -0.25) is 4.79 Å². The van der Waals surface area contributed by atoms with Crippen molar-refractivity contribution in [3.8, 4) is 0 Å². The summed E-state index contributed by atoms with van der Waals surface area (Å²) in [6.45, 7) is 1.81. The Kier molecular flexibility index (Phi) is 1.79. The van der Waals surface area contributed by atoms with Crippen LogP contribution in [0.4, 0.5) is 4.39 Å². The van der Waals surface area contributed by atoms with Crippen molar-refractivity contribution in [1.82, 2.24) is 0 Å². The third kappa shape index (κ3) is 1.30. The highest BCUT2D eigenvalue weighted by molar-refractivity contribution is 5.78. The maximum atomic E-state index is 12.5. The molecule has 0 aromatic heterocycles. The van der Waals surface area contributed by atoms with Crippen LogP contribution < -0.4 is 0 Å². The number of benzene rings is 1. The number of hydrogen-bond donors (Lipinski definition) is 0. The zero-order valence-electron chi connectivity index (χ0n) is 7.16. The van der Waals surface area contributed by atoms with Gasteiger partial charge in [0.2, 0.25) is 0 Å². The molecule has 1 fully saturated rings. The van der Waals surface area contributed by atoms with Crippen LogP contribution in [0.25, 0.3) is 0 Å². The van der Waals surface area contributed by atoms with Gasteiger partial charge in [-0.05, 0) is 24.6 Å². The molecule has 68 valence electrons. The number of carbonyl (C=O) groups is 1. The second kappa shape index (κ2) is 2.83. The number of ether oxygens (including phenoxy) is 1. The fraction of sp³-hybridized carbons (Fsp3) is 0.300. The van der Waals surface area contributed by atoms with E-state index in [4.69, 9.17) is 4.74 Å². The van der Waals surface area contributed by atoms with E-state index >= 15 is 0 Å². The molecule has 0 spiro atoms. The van der Waals surface area contributed by atoms with Crippen LogP contribution in [0.1, 0.15) is 18.6 Å². The van der Waals surface area contributed by atoms with Crippen LogP contribution in [0, 0.1) is 11.7 Å². The molecule has 0 radical (unpaired) electrons. The number of halogens is 1. The van der Waals surface area contributed by atoms with Crippen molar-refractivity contribution < 1.29 is 13.9 Å². The Morgan fingerprint density at radius 2 is 1.92 bits per heavy atom. The third-order valence-electron chi connectivity index (χ3n) is 2.27. The first-order valence-corrected chi connectivity index (χ1v) is 4.14. The predicted octanol–water partition coefficient (Wildman–Crippen LogP) is 2.06. The molecule has 0 bridgehead atoms. The quantitative estimate of drug-likeness (QED) is 0.618. The predicted molar refractivity (Wildman–Crippen MR) is 44.4 cm³/mol. The average molecular weight is 180 g/mol. The first-order chi connectivity index (χ1) is 6.18. The van der Waals surface area contributed by atoms with Crippen LogP contribution in [0.3, 0.4) is 0 Å². The van der Waals surface area contributed by atoms with E-state index in [2.05, 4.69) is 0 Å². The van der Waals surface area contributed by atoms with Gasteiger partial charge in [0.15, 0.2) is 0 Å². The van der Waals surface area contributed by atoms with Gasteiger partial charge in [-0.15, -0.1) is 0 Å². The van der Waals surface area contributed by atoms with E-state index in [0.717, 1.165) is 5.56 Å². The molecule has 1 aromatic carbocycles. The molecule has 1 aliphatic heterocycles. The van der Waals surface area contributed by atoms with Crippen LogP contribution in [0.5, 0.6) is 0 Å². The van der Waals surface area contributed by atoms with Crippen LogP contribution in [-0.4, -0.2) is 5.97 Å². The first-order valence-electron chi connectivity index (χ1n) is 4.14. The van der Waals surface area contributed by atoms with Crippen molar-refractivity contribution in [3.63, 3.8) is 0 Å². The molecule has 0 unspecified atom stereocenters. The van der Waals surface area contributed by atoms with E-state index in [0.29, 0.717) is 0 Å². The third-order valence-corrected chi connectivity index (χ3v) is 2.27. The van der Waals surface area contributed by atoms with Gasteiger partial charge in [-0.1, -0.05) is 12.1 Å². The lowest BCUT2D eigenvalue weighted by Gasteiger charge is -2.32. The fourth-order valence-corrected chi connectivity index (χ4v) is 1.39. The molecule has 3 heteroatoms. The largest absolute Gasteiger partial charge is 0.456 e. The van der Waals surface area contributed by atoms with Gasteiger partial charge in [0.1, 0.15) is 11.9 Å². The SMILES string of the molecule is C[C@H]1C(=O)O[C@H]1c1ccc(F)cc1. The van der Waals surface area contributed by atoms with E-state index in [-0.39, 0.29) is 23.8 Å². The zero-order chi connectivity index (χ0) is 9.42. The Hall–Kier alpha value is -1.38. The Bertz CT molecular complexity index is 331. The monoisotopic (exact) mass is 180 g/mol. The van der Waals surface area contributed by atoms with Gasteiger partial charge >= 0.3 is 5.97 Å². The summed E-state index contributed by atoms with van der Waals surface area (Å²) < 4.78 is 17.5. The lowest BCUT2D eigenvalue weighted by molar-refractivity contribution is -0.183. The van der Waals surface area contributed by atoms with Crippen molar-refractivity contribution in [2.75, 3.05) is 0 Å². The Labute approximate surface area is 75.3 Å². The van der Waals surface area contributed by atoms with Crippen molar-refractivity contribution in [3.05, 3.63) is 35.6 Å². The highest BCUT2D eigenvalue weighted by Crippen LogP contribution is 2.35. The maximum absolute atomic E-state index is 12.5. The zero-order valence-corrected chi connectivity index (χ0v) is 7.16. The summed E-state index contributed by atoms with van der Waals surface area (Å²) in [6, 6.07) is 6.02. The van der Waals surface area contributed by atoms with E-state index in [1.807, 2.05) is 0 Å². The molecule has 0 saturated carbocycles. The van der Waals surface area contributed by atoms with E-state index in [1.165, 1.54) is 12.1 Å². The van der Waals surface area contributed by atoms with Crippen molar-refractivity contribution >= 4 is 5.97 Å². The van der Waals surface area contributed by atoms with Crippen LogP contribution in [-0.2, 0) is 9.53 Å². The highest BCUT2D eigenvalue weighted by atomic mass is 19.1. The second-order valence-electron chi connectivity index (χ2n) is 3.20. The topological polar surface area (TPSA) is 26.3 Å². The van der Waals surface area contributed by atoms with Crippen molar-refractivity contribution in [2.45, 2.75) is 13.0 Å². The number of cyclic esters (lactones) is 1. The summed E-state index contributed by atoms with van der Waals surface area (Å²) in [5, 5.41) is 0. The summed E-state index contributed by atoms with van der Waals surface area (Å²) in [5.41, 5.74) is 0.855. The molecule has 0 N–H and O–H groups in total. The van der Waals surface area contributed by atoms with Crippen molar-refractivity contribution in [2.24, 2.45) is 5.92 Å². The molecule has 13 heavy (non-hydrogen) atoms. The number of esters is 1. The van der Waals surface area contributed by atoms with E-state index in [9.17, 15) is 9.18 Å². The van der Waals surface area contributed by atoms with E-state index in [1.54, 1.807) is 19.1 Å². The summed E-state index contributed by atoms with van der Waals surface area (Å²) in [5.74, 6) is -0.568. The fourth-order valence-electron chi connectivity index (χ4n) is 1.39. The first kappa shape index (κ1) is 8.23. The van der Waals surface area contributed by atoms with E-state index < -0.39 is 0 Å². The molecule has 1 aromatic rings. The Morgan fingerprint density at radius 3 is 2.38 bits per heavy atom. The van der Waals surface area contributed by atoms with Gasteiger partial charge in [-0.25, -0.2) is 4.39 Å². The van der Waals surface area contributed by atoms with Crippen LogP contribution in [0.2, 0.25) is 0 Å². The standard InChI is InChI=1S/C10H9FO2/c1-6-9(13-10(6)12)7-2-4-8(11)5-3-7/h2-6,9H,1H3/t6-,9-/m1/s1. The molecule has 2 rings (SSSR count). The molecule has 1 heterocycles. The molecule has 2 nitrogen and oxygen atoms in total. The Balaban J connectivity index is 2.18. The van der Waals surface area contributed by atoms with Crippen LogP contribution in [0.15, 0.2) is 24.3 Å². The van der Waals surface area contributed by atoms with Gasteiger partial charge in [0.05, 0.1) is 5.92 Å². The molecule has 2 atom stereocenters. The van der Waals surface area contributed by atoms with Gasteiger partial charge in [0.25, 0.3) is 0 Å². The minimum atomic E-state index is -0.276. The number of carbonyl (C=O) groups excluding carboxylic acids is 1. The summed E-state index contributed by atoms with van der Waals surface area (Å²) in [7, 11) is 0. The molecular weight excluding hydrogens is 171 g/mol. The smallest absolute Gasteiger partial charge is 0.313 e. The highest BCUT2D eigenvalue weighted by Gasteiger charge is 2.39. The molecule has 1 aliphatic rings. The molecule has 0 aliphatic carbocycles. The van der Waals surface area contributed by atoms with Gasteiger partial charge in [0, 0.05) is 0 Å². The summed E-state index contributed by atoms with van der Waals surface area (Å²) in [6.07, 6.45) is -0.187. The number of hydrogen-bond acceptors (Lipinski definition) is 2. The lowest BCUT2D eigenvalue weighted by atomic mass is 9.93. The molecule has 0 amide bonds. The van der Waals surface area contributed by atoms with Gasteiger partial charge in [-0.2, -0.15) is 0 Å². The van der Waals surface area contributed by atoms with Crippen molar-refractivity contribution in [1.29, 1.82) is 0 Å².